The van der Waals surface area contributed by atoms with Gasteiger partial charge in [-0.3, -0.25) is 4.79 Å². The summed E-state index contributed by atoms with van der Waals surface area (Å²) in [6.45, 7) is 5.18. The fourth-order valence-corrected chi connectivity index (χ4v) is 1.75. The van der Waals surface area contributed by atoms with Gasteiger partial charge in [0, 0.05) is 32.5 Å². The van der Waals surface area contributed by atoms with E-state index < -0.39 is 0 Å². The summed E-state index contributed by atoms with van der Waals surface area (Å²) < 4.78 is 0. The number of hydrogen-bond acceptors (Lipinski definition) is 3. The second-order valence-electron chi connectivity index (χ2n) is 4.10. The molecule has 0 unspecified atom stereocenters. The third-order valence-corrected chi connectivity index (χ3v) is 2.66. The molecule has 15 heavy (non-hydrogen) atoms. The molecule has 1 saturated heterocycles. The first kappa shape index (κ1) is 12.2. The Morgan fingerprint density at radius 1 is 1.40 bits per heavy atom. The van der Waals surface area contributed by atoms with Gasteiger partial charge in [-0.1, -0.05) is 0 Å². The summed E-state index contributed by atoms with van der Waals surface area (Å²) in [5.41, 5.74) is 0. The standard InChI is InChI=1S/C11H20N2O2/c1-10(14)4-2-3-7-13-8-5-11(15)12-6-9-13/h2-9H2,1H3,(H,12,15). The Morgan fingerprint density at radius 2 is 2.20 bits per heavy atom. The molecule has 1 rings (SSSR count). The molecule has 0 radical (unpaired) electrons. The van der Waals surface area contributed by atoms with E-state index in [4.69, 9.17) is 0 Å². The Kier molecular flexibility index (Phi) is 5.32. The van der Waals surface area contributed by atoms with Crippen LogP contribution in [0.25, 0.3) is 0 Å². The van der Waals surface area contributed by atoms with Gasteiger partial charge in [-0.2, -0.15) is 0 Å². The van der Waals surface area contributed by atoms with Crippen LogP contribution in [-0.2, 0) is 9.59 Å². The molecule has 1 aliphatic rings. The van der Waals surface area contributed by atoms with Crippen LogP contribution in [0.15, 0.2) is 0 Å². The highest BCUT2D eigenvalue weighted by Crippen LogP contribution is 2.02. The third-order valence-electron chi connectivity index (χ3n) is 2.66. The van der Waals surface area contributed by atoms with Gasteiger partial charge in [-0.25, -0.2) is 0 Å². The number of amides is 1. The van der Waals surface area contributed by atoms with Crippen LogP contribution < -0.4 is 5.32 Å². The highest BCUT2D eigenvalue weighted by Gasteiger charge is 2.12. The zero-order valence-corrected chi connectivity index (χ0v) is 9.42. The molecule has 0 bridgehead atoms. The maximum atomic E-state index is 11.1. The van der Waals surface area contributed by atoms with Crippen LogP contribution in [0, 0.1) is 0 Å². The second-order valence-corrected chi connectivity index (χ2v) is 4.10. The fraction of sp³-hybridized carbons (Fsp3) is 0.818. The predicted molar refractivity (Wildman–Crippen MR) is 58.6 cm³/mol. The number of nitrogens with zero attached hydrogens (tertiary/aromatic N) is 1. The van der Waals surface area contributed by atoms with Gasteiger partial charge in [0.1, 0.15) is 5.78 Å². The summed E-state index contributed by atoms with van der Waals surface area (Å²) in [5, 5.41) is 2.85. The molecule has 1 fully saturated rings. The molecule has 4 heteroatoms. The zero-order chi connectivity index (χ0) is 11.1. The van der Waals surface area contributed by atoms with Crippen LogP contribution in [0.3, 0.4) is 0 Å². The maximum Gasteiger partial charge on any atom is 0.221 e. The molecular formula is C11H20N2O2. The van der Waals surface area contributed by atoms with Crippen molar-refractivity contribution in [2.75, 3.05) is 26.2 Å². The van der Waals surface area contributed by atoms with Gasteiger partial charge in [0.15, 0.2) is 0 Å². The van der Waals surface area contributed by atoms with Gasteiger partial charge in [-0.15, -0.1) is 0 Å². The molecule has 4 nitrogen and oxygen atoms in total. The highest BCUT2D eigenvalue weighted by molar-refractivity contribution is 5.76. The first-order valence-corrected chi connectivity index (χ1v) is 5.67. The van der Waals surface area contributed by atoms with Crippen molar-refractivity contribution in [2.24, 2.45) is 0 Å². The quantitative estimate of drug-likeness (QED) is 0.678. The lowest BCUT2D eigenvalue weighted by molar-refractivity contribution is -0.120. The Labute approximate surface area is 91.0 Å². The molecule has 0 spiro atoms. The summed E-state index contributed by atoms with van der Waals surface area (Å²) in [5.74, 6) is 0.420. The molecule has 0 aromatic heterocycles. The topological polar surface area (TPSA) is 49.4 Å². The summed E-state index contributed by atoms with van der Waals surface area (Å²) >= 11 is 0. The molecule has 1 aliphatic heterocycles. The van der Waals surface area contributed by atoms with Crippen molar-refractivity contribution in [3.05, 3.63) is 0 Å². The van der Waals surface area contributed by atoms with Crippen LogP contribution in [-0.4, -0.2) is 42.8 Å². The van der Waals surface area contributed by atoms with Gasteiger partial charge in [0.2, 0.25) is 5.91 Å². The molecule has 1 amide bonds. The second kappa shape index (κ2) is 6.56. The normalized spacial score (nSPS) is 18.3. The van der Waals surface area contributed by atoms with Crippen molar-refractivity contribution in [1.29, 1.82) is 0 Å². The average Bonchev–Trinajstić information content (AvgIpc) is 2.38. The molecule has 0 aliphatic carbocycles. The lowest BCUT2D eigenvalue weighted by Gasteiger charge is -2.18. The minimum atomic E-state index is 0.154. The SMILES string of the molecule is CC(=O)CCCCN1CCNC(=O)CC1. The van der Waals surface area contributed by atoms with E-state index in [9.17, 15) is 9.59 Å². The monoisotopic (exact) mass is 212 g/mol. The van der Waals surface area contributed by atoms with Crippen molar-refractivity contribution in [2.45, 2.75) is 32.6 Å². The van der Waals surface area contributed by atoms with Crippen LogP contribution in [0.5, 0.6) is 0 Å². The lowest BCUT2D eigenvalue weighted by Crippen LogP contribution is -2.29. The first-order chi connectivity index (χ1) is 7.18. The Balaban J connectivity index is 2.10. The van der Waals surface area contributed by atoms with Gasteiger partial charge in [-0.05, 0) is 26.3 Å². The number of Topliss-reactive ketones (excluding diaryl/α,β-unsaturated/α-hetero) is 1. The molecule has 0 aromatic carbocycles. The zero-order valence-electron chi connectivity index (χ0n) is 9.42. The largest absolute Gasteiger partial charge is 0.355 e. The number of ketones is 1. The van der Waals surface area contributed by atoms with Crippen molar-refractivity contribution in [3.63, 3.8) is 0 Å². The predicted octanol–water partition coefficient (Wildman–Crippen LogP) is 0.568. The van der Waals surface area contributed by atoms with Gasteiger partial charge >= 0.3 is 0 Å². The molecule has 1 heterocycles. The Hall–Kier alpha value is -0.900. The average molecular weight is 212 g/mol. The molecule has 0 atom stereocenters. The Bertz CT molecular complexity index is 229. The van der Waals surface area contributed by atoms with Crippen molar-refractivity contribution in [1.82, 2.24) is 10.2 Å². The minimum absolute atomic E-state index is 0.154. The molecule has 0 saturated carbocycles. The number of unbranched alkanes of at least 4 members (excludes halogenated alkanes) is 1. The fourth-order valence-electron chi connectivity index (χ4n) is 1.75. The maximum absolute atomic E-state index is 11.1. The Morgan fingerprint density at radius 3 is 2.93 bits per heavy atom. The number of hydrogen-bond donors (Lipinski definition) is 1. The van der Waals surface area contributed by atoms with E-state index in [0.717, 1.165) is 39.0 Å². The molecule has 1 N–H and O–H groups in total. The number of carbonyl (C=O) groups excluding carboxylic acids is 2. The number of nitrogens with one attached hydrogen (secondary N) is 1. The van der Waals surface area contributed by atoms with Crippen LogP contribution in [0.1, 0.15) is 32.6 Å². The van der Waals surface area contributed by atoms with E-state index in [0.29, 0.717) is 12.8 Å². The van der Waals surface area contributed by atoms with Crippen LogP contribution in [0.4, 0.5) is 0 Å². The first-order valence-electron chi connectivity index (χ1n) is 5.67. The number of carbonyl (C=O) groups is 2. The number of rotatable bonds is 5. The molecular weight excluding hydrogens is 192 g/mol. The van der Waals surface area contributed by atoms with E-state index in [2.05, 4.69) is 10.2 Å². The summed E-state index contributed by atoms with van der Waals surface area (Å²) in [6.07, 6.45) is 3.30. The summed E-state index contributed by atoms with van der Waals surface area (Å²) in [6, 6.07) is 0. The van der Waals surface area contributed by atoms with E-state index in [1.54, 1.807) is 6.92 Å². The van der Waals surface area contributed by atoms with E-state index in [-0.39, 0.29) is 11.7 Å². The minimum Gasteiger partial charge on any atom is -0.355 e. The van der Waals surface area contributed by atoms with Crippen LogP contribution in [0.2, 0.25) is 0 Å². The van der Waals surface area contributed by atoms with Gasteiger partial charge in [0.05, 0.1) is 0 Å². The van der Waals surface area contributed by atoms with E-state index in [1.807, 2.05) is 0 Å². The van der Waals surface area contributed by atoms with E-state index in [1.165, 1.54) is 0 Å². The molecule has 86 valence electrons. The van der Waals surface area contributed by atoms with E-state index >= 15 is 0 Å². The highest BCUT2D eigenvalue weighted by atomic mass is 16.1. The van der Waals surface area contributed by atoms with Crippen molar-refractivity contribution >= 4 is 11.7 Å². The third kappa shape index (κ3) is 5.52. The van der Waals surface area contributed by atoms with Gasteiger partial charge in [0.25, 0.3) is 0 Å². The lowest BCUT2D eigenvalue weighted by atomic mass is 10.2. The summed E-state index contributed by atoms with van der Waals surface area (Å²) in [4.78, 5) is 24.1. The van der Waals surface area contributed by atoms with Gasteiger partial charge < -0.3 is 15.0 Å². The van der Waals surface area contributed by atoms with Crippen molar-refractivity contribution < 1.29 is 9.59 Å². The van der Waals surface area contributed by atoms with Crippen molar-refractivity contribution in [3.8, 4) is 0 Å². The summed E-state index contributed by atoms with van der Waals surface area (Å²) in [7, 11) is 0. The van der Waals surface area contributed by atoms with Crippen LogP contribution >= 0.6 is 0 Å². The smallest absolute Gasteiger partial charge is 0.221 e. The molecule has 0 aromatic rings.